The number of ether oxygens (including phenoxy) is 1. The molecule has 0 fully saturated rings. The van der Waals surface area contributed by atoms with E-state index < -0.39 is 0 Å². The standard InChI is InChI=1S/C17H30N2O2/c1-5-7-8-13-19(4)14-10-17(20)11-15-21-16(3)9-12-18-6-2/h6,9-10,12,20H,3,5,7-8,11,13-15H2,1-2,4H3/b12-9-,17-10-,18-6?. The fourth-order valence-electron chi connectivity index (χ4n) is 1.63. The van der Waals surface area contributed by atoms with E-state index >= 15 is 0 Å². The molecule has 0 unspecified atom stereocenters. The van der Waals surface area contributed by atoms with Gasteiger partial charge in [0, 0.05) is 25.4 Å². The summed E-state index contributed by atoms with van der Waals surface area (Å²) in [7, 11) is 2.07. The average molecular weight is 294 g/mol. The Morgan fingerprint density at radius 3 is 2.81 bits per heavy atom. The van der Waals surface area contributed by atoms with Crippen molar-refractivity contribution < 1.29 is 9.84 Å². The highest BCUT2D eigenvalue weighted by atomic mass is 16.5. The molecule has 0 aromatic rings. The molecule has 120 valence electrons. The second kappa shape index (κ2) is 13.4. The van der Waals surface area contributed by atoms with Crippen LogP contribution in [0.15, 0.2) is 41.4 Å². The highest BCUT2D eigenvalue weighted by Crippen LogP contribution is 2.03. The summed E-state index contributed by atoms with van der Waals surface area (Å²) in [4.78, 5) is 6.13. The molecule has 0 aliphatic rings. The summed E-state index contributed by atoms with van der Waals surface area (Å²) in [6, 6.07) is 0. The molecule has 0 saturated carbocycles. The van der Waals surface area contributed by atoms with Crippen molar-refractivity contribution in [3.63, 3.8) is 0 Å². The van der Waals surface area contributed by atoms with E-state index in [9.17, 15) is 5.11 Å². The molecule has 0 heterocycles. The van der Waals surface area contributed by atoms with E-state index in [0.717, 1.165) is 13.1 Å². The first-order valence-electron chi connectivity index (χ1n) is 7.62. The molecule has 0 bridgehead atoms. The Kier molecular flexibility index (Phi) is 12.4. The molecular formula is C17H30N2O2. The number of rotatable bonds is 12. The fraction of sp³-hybridized carbons (Fsp3) is 0.588. The quantitative estimate of drug-likeness (QED) is 0.255. The Morgan fingerprint density at radius 1 is 1.38 bits per heavy atom. The van der Waals surface area contributed by atoms with Crippen molar-refractivity contribution in [2.45, 2.75) is 39.5 Å². The number of hydrogen-bond acceptors (Lipinski definition) is 4. The minimum Gasteiger partial charge on any atom is -0.512 e. The van der Waals surface area contributed by atoms with Crippen molar-refractivity contribution in [3.8, 4) is 0 Å². The van der Waals surface area contributed by atoms with Crippen LogP contribution >= 0.6 is 0 Å². The van der Waals surface area contributed by atoms with Gasteiger partial charge in [-0.25, -0.2) is 0 Å². The minimum absolute atomic E-state index is 0.362. The lowest BCUT2D eigenvalue weighted by Gasteiger charge is -2.14. The van der Waals surface area contributed by atoms with Crippen molar-refractivity contribution in [1.29, 1.82) is 0 Å². The van der Waals surface area contributed by atoms with Crippen molar-refractivity contribution in [3.05, 3.63) is 36.4 Å². The highest BCUT2D eigenvalue weighted by Gasteiger charge is 1.99. The molecule has 0 aliphatic heterocycles. The Morgan fingerprint density at radius 2 is 2.14 bits per heavy atom. The van der Waals surface area contributed by atoms with Gasteiger partial charge < -0.3 is 14.7 Å². The Balaban J connectivity index is 3.79. The summed E-state index contributed by atoms with van der Waals surface area (Å²) >= 11 is 0. The summed E-state index contributed by atoms with van der Waals surface area (Å²) in [5, 5.41) is 9.78. The SMILES string of the molecule is C=C(/C=C\N=CC)OCC/C(O)=C/CN(C)CCCCC. The first-order chi connectivity index (χ1) is 10.1. The number of aliphatic hydroxyl groups excluding tert-OH is 1. The van der Waals surface area contributed by atoms with Crippen LogP contribution in [0.2, 0.25) is 0 Å². The van der Waals surface area contributed by atoms with Crippen molar-refractivity contribution in [2.75, 3.05) is 26.7 Å². The van der Waals surface area contributed by atoms with Gasteiger partial charge in [0.1, 0.15) is 5.76 Å². The fourth-order valence-corrected chi connectivity index (χ4v) is 1.63. The van der Waals surface area contributed by atoms with E-state index in [2.05, 4.69) is 30.4 Å². The van der Waals surface area contributed by atoms with Crippen LogP contribution in [0.1, 0.15) is 39.5 Å². The van der Waals surface area contributed by atoms with Crippen LogP contribution in [0.25, 0.3) is 0 Å². The summed E-state index contributed by atoms with van der Waals surface area (Å²) in [6.45, 7) is 10.0. The zero-order valence-electron chi connectivity index (χ0n) is 13.7. The monoisotopic (exact) mass is 294 g/mol. The van der Waals surface area contributed by atoms with Crippen LogP contribution in [0.5, 0.6) is 0 Å². The van der Waals surface area contributed by atoms with Crippen LogP contribution in [-0.2, 0) is 4.74 Å². The molecule has 0 aliphatic carbocycles. The van der Waals surface area contributed by atoms with Crippen molar-refractivity contribution in [2.24, 2.45) is 4.99 Å². The average Bonchev–Trinajstić information content (AvgIpc) is 2.46. The summed E-state index contributed by atoms with van der Waals surface area (Å²) < 4.78 is 5.38. The van der Waals surface area contributed by atoms with Gasteiger partial charge in [-0.05, 0) is 39.1 Å². The number of likely N-dealkylation sites (N-methyl/N-ethyl adjacent to an activating group) is 1. The molecule has 0 aromatic heterocycles. The predicted molar refractivity (Wildman–Crippen MR) is 90.7 cm³/mol. The van der Waals surface area contributed by atoms with Crippen LogP contribution < -0.4 is 0 Å². The van der Waals surface area contributed by atoms with Crippen LogP contribution in [0.3, 0.4) is 0 Å². The molecule has 0 atom stereocenters. The second-order valence-electron chi connectivity index (χ2n) is 4.95. The maximum absolute atomic E-state index is 9.78. The van der Waals surface area contributed by atoms with Gasteiger partial charge in [0.05, 0.1) is 12.4 Å². The molecule has 4 nitrogen and oxygen atoms in total. The molecular weight excluding hydrogens is 264 g/mol. The number of allylic oxidation sites excluding steroid dienone is 1. The lowest BCUT2D eigenvalue weighted by Crippen LogP contribution is -2.19. The first kappa shape index (κ1) is 19.4. The van der Waals surface area contributed by atoms with Gasteiger partial charge in [-0.15, -0.1) is 0 Å². The molecule has 0 saturated heterocycles. The number of aliphatic imine (C=N–C) groups is 1. The third kappa shape index (κ3) is 13.2. The summed E-state index contributed by atoms with van der Waals surface area (Å²) in [6.07, 6.45) is 11.0. The van der Waals surface area contributed by atoms with Crippen LogP contribution in [0.4, 0.5) is 0 Å². The minimum atomic E-state index is 0.362. The zero-order valence-corrected chi connectivity index (χ0v) is 13.7. The lowest BCUT2D eigenvalue weighted by atomic mass is 10.2. The number of aliphatic hydroxyl groups is 1. The van der Waals surface area contributed by atoms with E-state index in [-0.39, 0.29) is 0 Å². The second-order valence-corrected chi connectivity index (χ2v) is 4.95. The van der Waals surface area contributed by atoms with Crippen LogP contribution in [-0.4, -0.2) is 43.0 Å². The molecule has 1 N–H and O–H groups in total. The third-order valence-electron chi connectivity index (χ3n) is 2.92. The summed E-state index contributed by atoms with van der Waals surface area (Å²) in [5.74, 6) is 0.908. The van der Waals surface area contributed by atoms with Gasteiger partial charge in [-0.2, -0.15) is 0 Å². The normalized spacial score (nSPS) is 12.7. The van der Waals surface area contributed by atoms with Crippen LogP contribution in [0, 0.1) is 0 Å². The zero-order chi connectivity index (χ0) is 15.9. The maximum Gasteiger partial charge on any atom is 0.113 e. The molecule has 0 aromatic carbocycles. The summed E-state index contributed by atoms with van der Waals surface area (Å²) in [5.41, 5.74) is 0. The van der Waals surface area contributed by atoms with Gasteiger partial charge in [0.15, 0.2) is 0 Å². The Labute approximate surface area is 129 Å². The van der Waals surface area contributed by atoms with Gasteiger partial charge >= 0.3 is 0 Å². The topological polar surface area (TPSA) is 45.1 Å². The number of nitrogens with zero attached hydrogens (tertiary/aromatic N) is 2. The van der Waals surface area contributed by atoms with Gasteiger partial charge in [-0.3, -0.25) is 4.99 Å². The smallest absolute Gasteiger partial charge is 0.113 e. The number of hydrogen-bond donors (Lipinski definition) is 1. The van der Waals surface area contributed by atoms with E-state index in [1.807, 2.05) is 13.0 Å². The van der Waals surface area contributed by atoms with Gasteiger partial charge in [0.2, 0.25) is 0 Å². The highest BCUT2D eigenvalue weighted by molar-refractivity contribution is 5.54. The first-order valence-corrected chi connectivity index (χ1v) is 7.62. The van der Waals surface area contributed by atoms with E-state index in [4.69, 9.17) is 4.74 Å². The van der Waals surface area contributed by atoms with E-state index in [1.54, 1.807) is 18.5 Å². The Bertz CT molecular complexity index is 360. The molecule has 4 heteroatoms. The van der Waals surface area contributed by atoms with Crippen molar-refractivity contribution in [1.82, 2.24) is 4.90 Å². The lowest BCUT2D eigenvalue weighted by molar-refractivity contribution is 0.212. The largest absolute Gasteiger partial charge is 0.512 e. The molecule has 0 amide bonds. The predicted octanol–water partition coefficient (Wildman–Crippen LogP) is 4.08. The van der Waals surface area contributed by atoms with Gasteiger partial charge in [-0.1, -0.05) is 26.3 Å². The van der Waals surface area contributed by atoms with Crippen molar-refractivity contribution >= 4 is 6.21 Å². The molecule has 0 radical (unpaired) electrons. The van der Waals surface area contributed by atoms with E-state index in [0.29, 0.717) is 24.5 Å². The third-order valence-corrected chi connectivity index (χ3v) is 2.92. The molecule has 0 rings (SSSR count). The maximum atomic E-state index is 9.78. The number of unbranched alkanes of at least 4 members (excludes halogenated alkanes) is 2. The van der Waals surface area contributed by atoms with E-state index in [1.165, 1.54) is 19.3 Å². The van der Waals surface area contributed by atoms with Gasteiger partial charge in [0.25, 0.3) is 0 Å². The Hall–Kier alpha value is -1.55. The molecule has 21 heavy (non-hydrogen) atoms. The molecule has 0 spiro atoms.